The molecule has 2 aromatic rings. The fourth-order valence-corrected chi connectivity index (χ4v) is 4.24. The van der Waals surface area contributed by atoms with Crippen LogP contribution in [0, 0.1) is 0 Å². The maximum Gasteiger partial charge on any atom is 0.271 e. The SMILES string of the molecule is NS(=O)(=O)c1ccccc1NS(=O)(=O)c1cccs1. The maximum absolute atomic E-state index is 12.0. The Kier molecular flexibility index (Phi) is 3.63. The van der Waals surface area contributed by atoms with E-state index in [0.29, 0.717) is 0 Å². The quantitative estimate of drug-likeness (QED) is 0.883. The van der Waals surface area contributed by atoms with E-state index >= 15 is 0 Å². The molecular weight excluding hydrogens is 308 g/mol. The van der Waals surface area contributed by atoms with Crippen molar-refractivity contribution in [2.45, 2.75) is 9.10 Å². The lowest BCUT2D eigenvalue weighted by atomic mass is 10.3. The number of hydrogen-bond donors (Lipinski definition) is 2. The molecule has 0 fully saturated rings. The third kappa shape index (κ3) is 3.13. The fraction of sp³-hybridized carbons (Fsp3) is 0. The summed E-state index contributed by atoms with van der Waals surface area (Å²) < 4.78 is 49.1. The van der Waals surface area contributed by atoms with Gasteiger partial charge in [-0.25, -0.2) is 22.0 Å². The molecule has 1 heterocycles. The van der Waals surface area contributed by atoms with E-state index in [2.05, 4.69) is 4.72 Å². The third-order valence-corrected chi connectivity index (χ3v) is 5.93. The summed E-state index contributed by atoms with van der Waals surface area (Å²) in [6.07, 6.45) is 0. The van der Waals surface area contributed by atoms with Crippen molar-refractivity contribution in [3.05, 3.63) is 41.8 Å². The van der Waals surface area contributed by atoms with Crippen LogP contribution in [0.1, 0.15) is 0 Å². The number of sulfonamides is 2. The van der Waals surface area contributed by atoms with Gasteiger partial charge in [-0.1, -0.05) is 18.2 Å². The second kappa shape index (κ2) is 4.93. The summed E-state index contributed by atoms with van der Waals surface area (Å²) in [5.41, 5.74) is -0.0709. The Morgan fingerprint density at radius 1 is 1.00 bits per heavy atom. The van der Waals surface area contributed by atoms with Gasteiger partial charge in [0.05, 0.1) is 5.69 Å². The van der Waals surface area contributed by atoms with Gasteiger partial charge in [0.2, 0.25) is 10.0 Å². The summed E-state index contributed by atoms with van der Waals surface area (Å²) in [5.74, 6) is 0. The molecule has 9 heteroatoms. The molecule has 0 radical (unpaired) electrons. The number of nitrogens with two attached hydrogens (primary N) is 1. The van der Waals surface area contributed by atoms with Crippen LogP contribution < -0.4 is 9.86 Å². The molecule has 6 nitrogen and oxygen atoms in total. The number of benzene rings is 1. The zero-order chi connectivity index (χ0) is 14.1. The monoisotopic (exact) mass is 318 g/mol. The van der Waals surface area contributed by atoms with Gasteiger partial charge in [-0.2, -0.15) is 0 Å². The molecule has 102 valence electrons. The highest BCUT2D eigenvalue weighted by atomic mass is 32.2. The van der Waals surface area contributed by atoms with Gasteiger partial charge in [0.1, 0.15) is 9.10 Å². The van der Waals surface area contributed by atoms with Gasteiger partial charge in [0.15, 0.2) is 0 Å². The molecule has 0 bridgehead atoms. The summed E-state index contributed by atoms with van der Waals surface area (Å²) in [5, 5.41) is 6.65. The minimum atomic E-state index is -4.00. The number of nitrogens with one attached hydrogen (secondary N) is 1. The number of thiophene rings is 1. The van der Waals surface area contributed by atoms with E-state index in [9.17, 15) is 16.8 Å². The second-order valence-corrected chi connectivity index (χ2v) is 7.97. The Morgan fingerprint density at radius 2 is 1.68 bits per heavy atom. The smallest absolute Gasteiger partial charge is 0.271 e. The molecule has 2 rings (SSSR count). The summed E-state index contributed by atoms with van der Waals surface area (Å²) in [4.78, 5) is -0.268. The molecule has 0 saturated heterocycles. The second-order valence-electron chi connectivity index (χ2n) is 3.58. The molecule has 0 aliphatic heterocycles. The van der Waals surface area contributed by atoms with Crippen molar-refractivity contribution >= 4 is 37.1 Å². The summed E-state index contributed by atoms with van der Waals surface area (Å²) in [6.45, 7) is 0. The number of anilines is 1. The average Bonchev–Trinajstić information content (AvgIpc) is 2.81. The standard InChI is InChI=1S/C10H10N2O4S3/c11-18(13,14)9-5-2-1-4-8(9)12-19(15,16)10-6-3-7-17-10/h1-7,12H,(H2,11,13,14). The van der Waals surface area contributed by atoms with E-state index in [1.807, 2.05) is 0 Å². The molecule has 3 N–H and O–H groups in total. The largest absolute Gasteiger partial charge is 0.278 e. The van der Waals surface area contributed by atoms with Crippen molar-refractivity contribution < 1.29 is 16.8 Å². The maximum atomic E-state index is 12.0. The van der Waals surface area contributed by atoms with E-state index in [-0.39, 0.29) is 14.8 Å². The Balaban J connectivity index is 2.46. The van der Waals surface area contributed by atoms with Crippen molar-refractivity contribution in [1.82, 2.24) is 0 Å². The van der Waals surface area contributed by atoms with Crippen LogP contribution in [-0.2, 0) is 20.0 Å². The molecule has 19 heavy (non-hydrogen) atoms. The molecule has 0 spiro atoms. The van der Waals surface area contributed by atoms with Crippen LogP contribution in [0.5, 0.6) is 0 Å². The molecule has 1 aromatic carbocycles. The highest BCUT2D eigenvalue weighted by molar-refractivity contribution is 7.94. The minimum Gasteiger partial charge on any atom is -0.278 e. The highest BCUT2D eigenvalue weighted by Crippen LogP contribution is 2.24. The zero-order valence-corrected chi connectivity index (χ0v) is 11.9. The molecule has 1 aromatic heterocycles. The summed E-state index contributed by atoms with van der Waals surface area (Å²) in [7, 11) is -7.80. The molecule has 0 atom stereocenters. The van der Waals surface area contributed by atoms with Gasteiger partial charge in [0, 0.05) is 0 Å². The van der Waals surface area contributed by atoms with Crippen molar-refractivity contribution in [3.63, 3.8) is 0 Å². The molecule has 0 amide bonds. The molecular formula is C10H10N2O4S3. The first-order chi connectivity index (χ1) is 8.81. The van der Waals surface area contributed by atoms with Crippen LogP contribution in [-0.4, -0.2) is 16.8 Å². The molecule has 0 aliphatic rings. The van der Waals surface area contributed by atoms with Crippen LogP contribution in [0.25, 0.3) is 0 Å². The Labute approximate surface area is 115 Å². The molecule has 0 aliphatic carbocycles. The van der Waals surface area contributed by atoms with Gasteiger partial charge in [0.25, 0.3) is 10.0 Å². The molecule has 0 unspecified atom stereocenters. The number of primary sulfonamides is 1. The number of para-hydroxylation sites is 1. The van der Waals surface area contributed by atoms with Crippen molar-refractivity contribution in [1.29, 1.82) is 0 Å². The van der Waals surface area contributed by atoms with E-state index < -0.39 is 20.0 Å². The summed E-state index contributed by atoms with van der Waals surface area (Å²) in [6, 6.07) is 8.56. The summed E-state index contributed by atoms with van der Waals surface area (Å²) >= 11 is 1.03. The minimum absolute atomic E-state index is 0.0709. The molecule has 0 saturated carbocycles. The average molecular weight is 318 g/mol. The zero-order valence-electron chi connectivity index (χ0n) is 9.48. The van der Waals surface area contributed by atoms with E-state index in [4.69, 9.17) is 5.14 Å². The first-order valence-electron chi connectivity index (χ1n) is 4.99. The predicted molar refractivity (Wildman–Crippen MR) is 72.9 cm³/mol. The van der Waals surface area contributed by atoms with Gasteiger partial charge >= 0.3 is 0 Å². The van der Waals surface area contributed by atoms with Crippen LogP contribution in [0.4, 0.5) is 5.69 Å². The van der Waals surface area contributed by atoms with Gasteiger partial charge in [-0.15, -0.1) is 11.3 Å². The first-order valence-corrected chi connectivity index (χ1v) is 8.90. The van der Waals surface area contributed by atoms with E-state index in [0.717, 1.165) is 11.3 Å². The number of hydrogen-bond acceptors (Lipinski definition) is 5. The van der Waals surface area contributed by atoms with Crippen LogP contribution in [0.3, 0.4) is 0 Å². The van der Waals surface area contributed by atoms with Crippen molar-refractivity contribution in [2.75, 3.05) is 4.72 Å². The van der Waals surface area contributed by atoms with E-state index in [1.165, 1.54) is 30.3 Å². The van der Waals surface area contributed by atoms with Gasteiger partial charge < -0.3 is 0 Å². The lowest BCUT2D eigenvalue weighted by Crippen LogP contribution is -2.18. The Bertz CT molecular complexity index is 780. The first kappa shape index (κ1) is 14.0. The van der Waals surface area contributed by atoms with Crippen LogP contribution >= 0.6 is 11.3 Å². The lowest BCUT2D eigenvalue weighted by Gasteiger charge is -2.09. The Hall–Kier alpha value is -1.42. The van der Waals surface area contributed by atoms with Gasteiger partial charge in [-0.3, -0.25) is 4.72 Å². The highest BCUT2D eigenvalue weighted by Gasteiger charge is 2.20. The number of rotatable bonds is 4. The lowest BCUT2D eigenvalue weighted by molar-refractivity contribution is 0.598. The van der Waals surface area contributed by atoms with Crippen molar-refractivity contribution in [3.8, 4) is 0 Å². The predicted octanol–water partition coefficient (Wildman–Crippen LogP) is 1.20. The van der Waals surface area contributed by atoms with Crippen molar-refractivity contribution in [2.24, 2.45) is 5.14 Å². The fourth-order valence-electron chi connectivity index (χ4n) is 1.41. The van der Waals surface area contributed by atoms with Gasteiger partial charge in [-0.05, 0) is 23.6 Å². The third-order valence-electron chi connectivity index (χ3n) is 2.20. The van der Waals surface area contributed by atoms with Crippen LogP contribution in [0.2, 0.25) is 0 Å². The van der Waals surface area contributed by atoms with Crippen LogP contribution in [0.15, 0.2) is 50.9 Å². The topological polar surface area (TPSA) is 106 Å². The Morgan fingerprint density at radius 3 is 2.26 bits per heavy atom. The normalized spacial score (nSPS) is 12.3. The van der Waals surface area contributed by atoms with E-state index in [1.54, 1.807) is 11.4 Å².